The first-order valence-electron chi connectivity index (χ1n) is 14.4. The number of nitrogens with zero attached hydrogens (tertiary/aromatic N) is 5. The number of fused-ring (bicyclic) bond motifs is 2. The number of piperidine rings is 1. The largest absolute Gasteiger partial charge is 0.497 e. The Morgan fingerprint density at radius 2 is 1.88 bits per heavy atom. The van der Waals surface area contributed by atoms with Crippen LogP contribution in [0.15, 0.2) is 54.9 Å². The molecule has 0 bridgehead atoms. The first-order valence-corrected chi connectivity index (χ1v) is 14.4. The van der Waals surface area contributed by atoms with Crippen LogP contribution in [-0.4, -0.2) is 64.0 Å². The molecule has 6 rings (SSSR count). The number of carbonyl (C=O) groups excluding carboxylic acids is 2. The number of ether oxygens (including phenoxy) is 1. The van der Waals surface area contributed by atoms with Gasteiger partial charge in [0, 0.05) is 61.1 Å². The number of aryl methyl sites for hydroxylation is 1. The van der Waals surface area contributed by atoms with Crippen molar-refractivity contribution in [3.05, 3.63) is 77.4 Å². The summed E-state index contributed by atoms with van der Waals surface area (Å²) in [7, 11) is 3.68. The molecule has 2 aliphatic heterocycles. The van der Waals surface area contributed by atoms with Gasteiger partial charge in [-0.05, 0) is 55.5 Å². The first kappa shape index (κ1) is 26.8. The summed E-state index contributed by atoms with van der Waals surface area (Å²) >= 11 is 0. The molecule has 9 nitrogen and oxygen atoms in total. The van der Waals surface area contributed by atoms with E-state index < -0.39 is 0 Å². The van der Waals surface area contributed by atoms with Crippen LogP contribution in [0.3, 0.4) is 0 Å². The maximum absolute atomic E-state index is 13.9. The van der Waals surface area contributed by atoms with Crippen molar-refractivity contribution in [3.63, 3.8) is 0 Å². The Morgan fingerprint density at radius 3 is 2.66 bits per heavy atom. The van der Waals surface area contributed by atoms with Crippen molar-refractivity contribution in [1.29, 1.82) is 0 Å². The lowest BCUT2D eigenvalue weighted by molar-refractivity contribution is 0.103. The third-order valence-corrected chi connectivity index (χ3v) is 8.49. The lowest BCUT2D eigenvalue weighted by Gasteiger charge is -2.38. The van der Waals surface area contributed by atoms with Gasteiger partial charge in [-0.15, -0.1) is 0 Å². The zero-order chi connectivity index (χ0) is 28.5. The zero-order valence-electron chi connectivity index (χ0n) is 23.9. The summed E-state index contributed by atoms with van der Waals surface area (Å²) in [6, 6.07) is 15.7. The van der Waals surface area contributed by atoms with E-state index >= 15 is 0 Å². The van der Waals surface area contributed by atoms with Gasteiger partial charge in [0.15, 0.2) is 0 Å². The predicted molar refractivity (Wildman–Crippen MR) is 160 cm³/mol. The van der Waals surface area contributed by atoms with Crippen LogP contribution >= 0.6 is 0 Å². The number of hydrogen-bond donors (Lipinski definition) is 1. The molecule has 2 aromatic carbocycles. The fourth-order valence-electron chi connectivity index (χ4n) is 6.31. The van der Waals surface area contributed by atoms with Crippen molar-refractivity contribution in [2.75, 3.05) is 37.0 Å². The molecule has 212 valence electrons. The molecule has 1 fully saturated rings. The molecule has 0 atom stereocenters. The summed E-state index contributed by atoms with van der Waals surface area (Å²) < 4.78 is 7.50. The molecule has 0 spiro atoms. The van der Waals surface area contributed by atoms with Gasteiger partial charge < -0.3 is 24.4 Å². The highest BCUT2D eigenvalue weighted by atomic mass is 16.5. The summed E-state index contributed by atoms with van der Waals surface area (Å²) in [5, 5.41) is 4.04. The number of aromatic nitrogens is 3. The Balaban J connectivity index is 1.17. The Kier molecular flexibility index (Phi) is 7.34. The van der Waals surface area contributed by atoms with E-state index in [-0.39, 0.29) is 17.9 Å². The molecule has 0 unspecified atom stereocenters. The summed E-state index contributed by atoms with van der Waals surface area (Å²) in [6.45, 7) is 4.28. The summed E-state index contributed by atoms with van der Waals surface area (Å²) in [5.74, 6) is 1.48. The molecule has 1 N–H and O–H groups in total. The first-order chi connectivity index (χ1) is 20.0. The second kappa shape index (κ2) is 11.2. The van der Waals surface area contributed by atoms with E-state index in [1.165, 1.54) is 6.33 Å². The van der Waals surface area contributed by atoms with Crippen molar-refractivity contribution in [2.24, 2.45) is 7.05 Å². The number of para-hydroxylation sites is 1. The highest BCUT2D eigenvalue weighted by molar-refractivity contribution is 6.17. The van der Waals surface area contributed by atoms with Crippen molar-refractivity contribution < 1.29 is 14.3 Å². The van der Waals surface area contributed by atoms with Crippen molar-refractivity contribution >= 4 is 34.2 Å². The van der Waals surface area contributed by atoms with Crippen LogP contribution in [0.4, 0.5) is 16.3 Å². The number of ketones is 1. The minimum absolute atomic E-state index is 0.0553. The molecule has 2 amide bonds. The van der Waals surface area contributed by atoms with Gasteiger partial charge in [-0.25, -0.2) is 14.8 Å². The Morgan fingerprint density at radius 1 is 1.07 bits per heavy atom. The number of carbonyl (C=O) groups is 2. The number of hydrogen-bond acceptors (Lipinski definition) is 6. The molecule has 0 aliphatic carbocycles. The van der Waals surface area contributed by atoms with Crippen LogP contribution in [0.5, 0.6) is 5.75 Å². The number of rotatable bonds is 7. The fraction of sp³-hybridized carbons (Fsp3) is 0.375. The molecular weight excluding hydrogens is 516 g/mol. The molecule has 0 radical (unpaired) electrons. The maximum atomic E-state index is 13.9. The lowest BCUT2D eigenvalue weighted by Crippen LogP contribution is -2.49. The molecular formula is C32H36N6O3. The van der Waals surface area contributed by atoms with Crippen molar-refractivity contribution in [2.45, 2.75) is 45.1 Å². The predicted octanol–water partition coefficient (Wildman–Crippen LogP) is 5.22. The fourth-order valence-corrected chi connectivity index (χ4v) is 6.31. The van der Waals surface area contributed by atoms with Crippen LogP contribution in [-0.2, 0) is 19.9 Å². The Hall–Kier alpha value is -4.40. The second-order valence-corrected chi connectivity index (χ2v) is 10.9. The lowest BCUT2D eigenvalue weighted by atomic mass is 10.0. The van der Waals surface area contributed by atoms with Crippen LogP contribution in [0.25, 0.3) is 10.9 Å². The summed E-state index contributed by atoms with van der Waals surface area (Å²) in [6.07, 6.45) is 5.68. The van der Waals surface area contributed by atoms with Gasteiger partial charge >= 0.3 is 6.03 Å². The van der Waals surface area contributed by atoms with E-state index in [9.17, 15) is 9.59 Å². The van der Waals surface area contributed by atoms with Crippen LogP contribution in [0, 0.1) is 0 Å². The van der Waals surface area contributed by atoms with Gasteiger partial charge in [0.2, 0.25) is 5.78 Å². The number of anilines is 2. The highest BCUT2D eigenvalue weighted by Gasteiger charge is 2.31. The number of methoxy groups -OCH3 is 1. The molecule has 9 heteroatoms. The molecule has 41 heavy (non-hydrogen) atoms. The Bertz CT molecular complexity index is 1600. The number of benzene rings is 2. The van der Waals surface area contributed by atoms with Gasteiger partial charge in [0.25, 0.3) is 0 Å². The monoisotopic (exact) mass is 552 g/mol. The van der Waals surface area contributed by atoms with E-state index in [1.54, 1.807) is 7.11 Å². The highest BCUT2D eigenvalue weighted by Crippen LogP contribution is 2.31. The van der Waals surface area contributed by atoms with E-state index in [4.69, 9.17) is 4.74 Å². The molecule has 4 aromatic rings. The third kappa shape index (κ3) is 5.01. The maximum Gasteiger partial charge on any atom is 0.322 e. The van der Waals surface area contributed by atoms with Gasteiger partial charge in [0.1, 0.15) is 23.6 Å². The van der Waals surface area contributed by atoms with Crippen LogP contribution in [0.1, 0.15) is 53.5 Å². The van der Waals surface area contributed by atoms with Gasteiger partial charge in [-0.3, -0.25) is 4.79 Å². The minimum atomic E-state index is -0.0683. The second-order valence-electron chi connectivity index (χ2n) is 10.9. The quantitative estimate of drug-likeness (QED) is 0.316. The number of amides is 2. The number of nitrogens with one attached hydrogen (secondary N) is 1. The van der Waals surface area contributed by atoms with E-state index in [0.29, 0.717) is 12.2 Å². The molecule has 2 aromatic heterocycles. The van der Waals surface area contributed by atoms with E-state index in [1.807, 2.05) is 54.4 Å². The van der Waals surface area contributed by atoms with Gasteiger partial charge in [0.05, 0.1) is 12.7 Å². The molecule has 1 saturated heterocycles. The zero-order valence-corrected chi connectivity index (χ0v) is 23.9. The third-order valence-electron chi connectivity index (χ3n) is 8.49. The van der Waals surface area contributed by atoms with Crippen LogP contribution in [0.2, 0.25) is 0 Å². The van der Waals surface area contributed by atoms with Gasteiger partial charge in [-0.2, -0.15) is 0 Å². The standard InChI is InChI=1S/C32H36N6O3/c1-4-7-28-30(24-8-5-6-9-27(24)36(28)2)31(39)26-19-29(34-20-33-26)37-15-13-22(14-16-37)38-17-12-21-18-23(41-3)10-11-25(21)35-32(38)40/h5-6,8-11,18-20,22H,4,7,12-17H2,1-3H3,(H,35,40). The van der Waals surface area contributed by atoms with Gasteiger partial charge in [-0.1, -0.05) is 31.5 Å². The number of urea groups is 1. The minimum Gasteiger partial charge on any atom is -0.497 e. The molecule has 0 saturated carbocycles. The molecule has 2 aliphatic rings. The average Bonchev–Trinajstić information content (AvgIpc) is 3.17. The topological polar surface area (TPSA) is 92.6 Å². The van der Waals surface area contributed by atoms with Crippen LogP contribution < -0.4 is 15.0 Å². The van der Waals surface area contributed by atoms with Crippen molar-refractivity contribution in [1.82, 2.24) is 19.4 Å². The normalized spacial score (nSPS) is 15.9. The SMILES string of the molecule is CCCc1c(C(=O)c2cc(N3CCC(N4CCc5cc(OC)ccc5NC4=O)CC3)ncn2)c2ccccc2n1C. The average molecular weight is 553 g/mol. The van der Waals surface area contributed by atoms with E-state index in [2.05, 4.69) is 37.7 Å². The molecule has 4 heterocycles. The summed E-state index contributed by atoms with van der Waals surface area (Å²) in [4.78, 5) is 40.1. The smallest absolute Gasteiger partial charge is 0.322 e. The summed E-state index contributed by atoms with van der Waals surface area (Å²) in [5.41, 5.74) is 5.17. The Labute approximate surface area is 240 Å². The van der Waals surface area contributed by atoms with Crippen molar-refractivity contribution in [3.8, 4) is 5.75 Å². The van der Waals surface area contributed by atoms with E-state index in [0.717, 1.165) is 90.2 Å².